The largest absolute Gasteiger partial charge is 0.353 e. The molecule has 126 valence electrons. The molecule has 0 spiro atoms. The first-order valence-electron chi connectivity index (χ1n) is 8.48. The Balaban J connectivity index is 1.78. The lowest BCUT2D eigenvalue weighted by Crippen LogP contribution is -2.25. The van der Waals surface area contributed by atoms with E-state index in [0.29, 0.717) is 0 Å². The van der Waals surface area contributed by atoms with E-state index in [1.54, 1.807) is 0 Å². The van der Waals surface area contributed by atoms with E-state index < -0.39 is 0 Å². The molecule has 0 fully saturated rings. The number of thioether (sulfide) groups is 1. The summed E-state index contributed by atoms with van der Waals surface area (Å²) < 4.78 is 0.104. The molecule has 3 nitrogen and oxygen atoms in total. The summed E-state index contributed by atoms with van der Waals surface area (Å²) in [5, 5.41) is 10.2. The lowest BCUT2D eigenvalue weighted by Gasteiger charge is -2.29. The predicted molar refractivity (Wildman–Crippen MR) is 108 cm³/mol. The number of rotatable bonds is 2. The number of nitrogens with one attached hydrogen (secondary N) is 1. The van der Waals surface area contributed by atoms with Gasteiger partial charge in [-0.2, -0.15) is 10.2 Å². The molecule has 1 aliphatic rings. The topological polar surface area (TPSA) is 40.5 Å². The first-order valence-corrected chi connectivity index (χ1v) is 9.30. The van der Waals surface area contributed by atoms with Gasteiger partial charge in [-0.3, -0.25) is 0 Å². The summed E-state index contributed by atoms with van der Waals surface area (Å²) in [4.78, 5) is 4.85. The normalized spacial score (nSPS) is 18.1. The van der Waals surface area contributed by atoms with Crippen LogP contribution in [0.15, 0.2) is 63.6 Å². The van der Waals surface area contributed by atoms with E-state index in [2.05, 4.69) is 54.2 Å². The van der Waals surface area contributed by atoms with Crippen molar-refractivity contribution in [1.82, 2.24) is 4.98 Å². The molecule has 4 rings (SSSR count). The van der Waals surface area contributed by atoms with Gasteiger partial charge in [-0.25, -0.2) is 0 Å². The van der Waals surface area contributed by atoms with E-state index in [4.69, 9.17) is 0 Å². The smallest absolute Gasteiger partial charge is 0.0890 e. The second-order valence-electron chi connectivity index (χ2n) is 7.12. The highest BCUT2D eigenvalue weighted by Gasteiger charge is 2.33. The summed E-state index contributed by atoms with van der Waals surface area (Å²) in [6.07, 6.45) is 2.71. The van der Waals surface area contributed by atoms with Gasteiger partial charge in [-0.1, -0.05) is 42.0 Å². The van der Waals surface area contributed by atoms with Crippen molar-refractivity contribution in [3.8, 4) is 0 Å². The number of aromatic nitrogens is 1. The second-order valence-corrected chi connectivity index (χ2v) is 8.84. The van der Waals surface area contributed by atoms with Crippen LogP contribution in [-0.4, -0.2) is 21.7 Å². The SMILES string of the molecule is Cc1ccc2[nH]c3c(c2c1)SC(C)(C)C/C3=N/N=C/c1ccccc1. The minimum Gasteiger partial charge on any atom is -0.353 e. The van der Waals surface area contributed by atoms with Crippen molar-refractivity contribution < 1.29 is 0 Å². The Labute approximate surface area is 152 Å². The lowest BCUT2D eigenvalue weighted by molar-refractivity contribution is 0.737. The zero-order chi connectivity index (χ0) is 17.4. The Kier molecular flexibility index (Phi) is 4.00. The summed E-state index contributed by atoms with van der Waals surface area (Å²) >= 11 is 1.93. The molecular formula is C21H21N3S. The molecule has 0 unspecified atom stereocenters. The van der Waals surface area contributed by atoms with Gasteiger partial charge in [0.05, 0.1) is 17.6 Å². The molecule has 2 heterocycles. The highest BCUT2D eigenvalue weighted by Crippen LogP contribution is 2.46. The van der Waals surface area contributed by atoms with Crippen LogP contribution in [0.1, 0.15) is 37.1 Å². The van der Waals surface area contributed by atoms with Crippen molar-refractivity contribution in [2.24, 2.45) is 10.2 Å². The van der Waals surface area contributed by atoms with Crippen LogP contribution in [0.5, 0.6) is 0 Å². The van der Waals surface area contributed by atoms with Gasteiger partial charge in [-0.05, 0) is 38.5 Å². The fourth-order valence-corrected chi connectivity index (χ4v) is 4.50. The number of aromatic amines is 1. The number of fused-ring (bicyclic) bond motifs is 3. The number of aryl methyl sites for hydroxylation is 1. The number of hydrogen-bond donors (Lipinski definition) is 1. The molecule has 2 aromatic carbocycles. The van der Waals surface area contributed by atoms with Crippen molar-refractivity contribution in [2.45, 2.75) is 36.8 Å². The minimum absolute atomic E-state index is 0.104. The average Bonchev–Trinajstić information content (AvgIpc) is 2.93. The molecule has 0 amide bonds. The summed E-state index contributed by atoms with van der Waals surface area (Å²) in [7, 11) is 0. The van der Waals surface area contributed by atoms with Gasteiger partial charge < -0.3 is 4.98 Å². The second kappa shape index (κ2) is 6.19. The van der Waals surface area contributed by atoms with Gasteiger partial charge in [0.25, 0.3) is 0 Å². The van der Waals surface area contributed by atoms with Crippen LogP contribution in [-0.2, 0) is 0 Å². The Morgan fingerprint density at radius 1 is 1.12 bits per heavy atom. The Morgan fingerprint density at radius 3 is 2.72 bits per heavy atom. The van der Waals surface area contributed by atoms with Crippen LogP contribution in [0.25, 0.3) is 10.9 Å². The highest BCUT2D eigenvalue weighted by atomic mass is 32.2. The minimum atomic E-state index is 0.104. The molecule has 1 aromatic heterocycles. The Bertz CT molecular complexity index is 981. The maximum atomic E-state index is 4.57. The zero-order valence-corrected chi connectivity index (χ0v) is 15.5. The number of H-pyrrole nitrogens is 1. The zero-order valence-electron chi connectivity index (χ0n) is 14.7. The van der Waals surface area contributed by atoms with Gasteiger partial charge in [0.2, 0.25) is 0 Å². The fourth-order valence-electron chi connectivity index (χ4n) is 3.18. The van der Waals surface area contributed by atoms with Crippen molar-refractivity contribution >= 4 is 34.6 Å². The molecule has 0 radical (unpaired) electrons. The Morgan fingerprint density at radius 2 is 1.92 bits per heavy atom. The van der Waals surface area contributed by atoms with Crippen molar-refractivity contribution in [3.05, 3.63) is 65.4 Å². The van der Waals surface area contributed by atoms with Crippen LogP contribution in [0.2, 0.25) is 0 Å². The molecule has 0 atom stereocenters. The van der Waals surface area contributed by atoms with Crippen molar-refractivity contribution in [3.63, 3.8) is 0 Å². The van der Waals surface area contributed by atoms with Crippen molar-refractivity contribution in [2.75, 3.05) is 0 Å². The molecule has 1 aliphatic heterocycles. The van der Waals surface area contributed by atoms with Gasteiger partial charge in [0.15, 0.2) is 0 Å². The van der Waals surface area contributed by atoms with Crippen LogP contribution < -0.4 is 0 Å². The van der Waals surface area contributed by atoms with Gasteiger partial charge in [-0.15, -0.1) is 11.8 Å². The monoisotopic (exact) mass is 347 g/mol. The quantitative estimate of drug-likeness (QED) is 0.477. The molecule has 0 saturated heterocycles. The van der Waals surface area contributed by atoms with Crippen LogP contribution in [0.3, 0.4) is 0 Å². The Hall–Kier alpha value is -2.33. The lowest BCUT2D eigenvalue weighted by atomic mass is 10.0. The summed E-state index contributed by atoms with van der Waals surface area (Å²) in [5.74, 6) is 0. The number of nitrogens with zero attached hydrogens (tertiary/aromatic N) is 2. The standard InChI is InChI=1S/C21H21N3S/c1-14-9-10-17-16(11-14)20-19(23-17)18(12-21(2,3)25-20)24-22-13-15-7-5-4-6-8-15/h4-11,13,23H,12H2,1-3H3/b22-13+,24-18-. The highest BCUT2D eigenvalue weighted by molar-refractivity contribution is 8.01. The molecule has 0 bridgehead atoms. The molecule has 0 aliphatic carbocycles. The number of hydrogen-bond acceptors (Lipinski definition) is 3. The van der Waals surface area contributed by atoms with E-state index in [0.717, 1.165) is 23.4 Å². The molecule has 25 heavy (non-hydrogen) atoms. The third-order valence-electron chi connectivity index (χ3n) is 4.35. The maximum absolute atomic E-state index is 4.57. The molecule has 4 heteroatoms. The molecule has 3 aromatic rings. The molecular weight excluding hydrogens is 326 g/mol. The van der Waals surface area contributed by atoms with Gasteiger partial charge >= 0.3 is 0 Å². The molecule has 1 N–H and O–H groups in total. The molecule has 0 saturated carbocycles. The predicted octanol–water partition coefficient (Wildman–Crippen LogP) is 5.57. The van der Waals surface area contributed by atoms with Crippen LogP contribution >= 0.6 is 11.8 Å². The number of benzene rings is 2. The van der Waals surface area contributed by atoms with E-state index >= 15 is 0 Å². The van der Waals surface area contributed by atoms with E-state index in [1.165, 1.54) is 21.4 Å². The van der Waals surface area contributed by atoms with Crippen LogP contribution in [0, 0.1) is 6.92 Å². The van der Waals surface area contributed by atoms with Gasteiger partial charge in [0, 0.05) is 27.0 Å². The third-order valence-corrected chi connectivity index (χ3v) is 5.68. The summed E-state index contributed by atoms with van der Waals surface area (Å²) in [6, 6.07) is 16.6. The maximum Gasteiger partial charge on any atom is 0.0890 e. The van der Waals surface area contributed by atoms with Crippen LogP contribution in [0.4, 0.5) is 0 Å². The van der Waals surface area contributed by atoms with Gasteiger partial charge in [0.1, 0.15) is 0 Å². The fraction of sp³-hybridized carbons (Fsp3) is 0.238. The summed E-state index contributed by atoms with van der Waals surface area (Å²) in [5.41, 5.74) is 5.65. The van der Waals surface area contributed by atoms with E-state index in [9.17, 15) is 0 Å². The van der Waals surface area contributed by atoms with E-state index in [-0.39, 0.29) is 4.75 Å². The average molecular weight is 347 g/mol. The third kappa shape index (κ3) is 3.27. The first-order chi connectivity index (χ1) is 12.0. The van der Waals surface area contributed by atoms with Crippen molar-refractivity contribution in [1.29, 1.82) is 0 Å². The summed E-state index contributed by atoms with van der Waals surface area (Å²) in [6.45, 7) is 6.67. The van der Waals surface area contributed by atoms with E-state index in [1.807, 2.05) is 48.3 Å². The first kappa shape index (κ1) is 16.2.